The molecule has 6 nitrogen and oxygen atoms in total. The van der Waals surface area contributed by atoms with E-state index >= 15 is 0 Å². The second-order valence-electron chi connectivity index (χ2n) is 7.64. The maximum Gasteiger partial charge on any atom is 0.414 e. The van der Waals surface area contributed by atoms with Gasteiger partial charge in [-0.2, -0.15) is 11.8 Å². The second kappa shape index (κ2) is 8.19. The van der Waals surface area contributed by atoms with E-state index in [0.717, 1.165) is 30.8 Å². The Morgan fingerprint density at radius 1 is 1.32 bits per heavy atom. The Labute approximate surface area is 168 Å². The minimum Gasteiger partial charge on any atom is -0.442 e. The van der Waals surface area contributed by atoms with Crippen molar-refractivity contribution in [3.05, 3.63) is 24.0 Å². The molecule has 3 aliphatic rings. The van der Waals surface area contributed by atoms with E-state index in [0.29, 0.717) is 36.4 Å². The van der Waals surface area contributed by atoms with Crippen LogP contribution in [0, 0.1) is 5.82 Å². The molecule has 3 atom stereocenters. The standard InChI is InChI=1S/C20H26FN3O3S/c1-2-3-19(25)22-9-16-10-23(20(26)27-16)13-6-7-18(17(21)8-13)24-14-4-5-15(24)12-28-11-14/h6-8,14-16H,2-5,9-12H2,1H3,(H,22,25). The van der Waals surface area contributed by atoms with E-state index in [1.165, 1.54) is 11.0 Å². The normalized spacial score (nSPS) is 26.5. The zero-order chi connectivity index (χ0) is 19.7. The lowest BCUT2D eigenvalue weighted by atomic mass is 10.2. The molecule has 0 aromatic heterocycles. The summed E-state index contributed by atoms with van der Waals surface area (Å²) in [7, 11) is 0. The topological polar surface area (TPSA) is 61.9 Å². The van der Waals surface area contributed by atoms with Crippen LogP contribution in [0.3, 0.4) is 0 Å². The maximum absolute atomic E-state index is 14.9. The first-order valence-electron chi connectivity index (χ1n) is 9.97. The Morgan fingerprint density at radius 2 is 2.07 bits per heavy atom. The summed E-state index contributed by atoms with van der Waals surface area (Å²) < 4.78 is 20.3. The van der Waals surface area contributed by atoms with Gasteiger partial charge in [-0.15, -0.1) is 0 Å². The molecule has 28 heavy (non-hydrogen) atoms. The minimum atomic E-state index is -0.503. The predicted molar refractivity (Wildman–Crippen MR) is 109 cm³/mol. The molecule has 0 aliphatic carbocycles. The smallest absolute Gasteiger partial charge is 0.414 e. The average molecular weight is 408 g/mol. The summed E-state index contributed by atoms with van der Waals surface area (Å²) in [6.07, 6.45) is 2.52. The molecule has 3 aliphatic heterocycles. The number of rotatable bonds is 6. The van der Waals surface area contributed by atoms with Crippen molar-refractivity contribution in [2.24, 2.45) is 0 Å². The number of benzene rings is 1. The van der Waals surface area contributed by atoms with Gasteiger partial charge in [-0.3, -0.25) is 9.69 Å². The summed E-state index contributed by atoms with van der Waals surface area (Å²) in [6, 6.07) is 5.80. The van der Waals surface area contributed by atoms with Gasteiger partial charge in [0.2, 0.25) is 5.91 Å². The van der Waals surface area contributed by atoms with Gasteiger partial charge in [-0.1, -0.05) is 6.92 Å². The number of thioether (sulfide) groups is 1. The lowest BCUT2D eigenvalue weighted by Crippen LogP contribution is -2.43. The highest BCUT2D eigenvalue weighted by molar-refractivity contribution is 7.99. The number of nitrogens with one attached hydrogen (secondary N) is 1. The van der Waals surface area contributed by atoms with Crippen molar-refractivity contribution in [3.63, 3.8) is 0 Å². The molecular weight excluding hydrogens is 381 g/mol. The van der Waals surface area contributed by atoms with Crippen molar-refractivity contribution >= 4 is 35.1 Å². The van der Waals surface area contributed by atoms with Crippen LogP contribution in [0.2, 0.25) is 0 Å². The lowest BCUT2D eigenvalue weighted by molar-refractivity contribution is -0.121. The maximum atomic E-state index is 14.9. The van der Waals surface area contributed by atoms with Crippen LogP contribution in [-0.4, -0.2) is 54.8 Å². The molecule has 3 fully saturated rings. The molecule has 1 N–H and O–H groups in total. The van der Waals surface area contributed by atoms with Gasteiger partial charge in [0.05, 0.1) is 24.5 Å². The van der Waals surface area contributed by atoms with Crippen LogP contribution < -0.4 is 15.1 Å². The molecule has 152 valence electrons. The van der Waals surface area contributed by atoms with E-state index in [9.17, 15) is 14.0 Å². The monoisotopic (exact) mass is 407 g/mol. The van der Waals surface area contributed by atoms with E-state index < -0.39 is 12.2 Å². The predicted octanol–water partition coefficient (Wildman–Crippen LogP) is 3.15. The zero-order valence-electron chi connectivity index (χ0n) is 16.0. The highest BCUT2D eigenvalue weighted by atomic mass is 32.2. The molecule has 3 saturated heterocycles. The van der Waals surface area contributed by atoms with Gasteiger partial charge >= 0.3 is 6.09 Å². The average Bonchev–Trinajstić information content (AvgIpc) is 3.16. The number of ether oxygens (including phenoxy) is 1. The van der Waals surface area contributed by atoms with Crippen LogP contribution >= 0.6 is 11.8 Å². The van der Waals surface area contributed by atoms with Crippen molar-refractivity contribution in [2.45, 2.75) is 50.8 Å². The quantitative estimate of drug-likeness (QED) is 0.785. The third-order valence-electron chi connectivity index (χ3n) is 5.64. The number of carbonyl (C=O) groups excluding carboxylic acids is 2. The molecule has 2 bridgehead atoms. The number of hydrogen-bond donors (Lipinski definition) is 1. The van der Waals surface area contributed by atoms with Crippen LogP contribution in [0.1, 0.15) is 32.6 Å². The summed E-state index contributed by atoms with van der Waals surface area (Å²) in [5, 5.41) is 2.77. The van der Waals surface area contributed by atoms with E-state index in [1.54, 1.807) is 12.1 Å². The fraction of sp³-hybridized carbons (Fsp3) is 0.600. The first-order valence-corrected chi connectivity index (χ1v) is 11.1. The van der Waals surface area contributed by atoms with Crippen LogP contribution in [-0.2, 0) is 9.53 Å². The van der Waals surface area contributed by atoms with Gasteiger partial charge < -0.3 is 15.0 Å². The van der Waals surface area contributed by atoms with Crippen molar-refractivity contribution in [2.75, 3.05) is 34.4 Å². The number of hydrogen-bond acceptors (Lipinski definition) is 5. The van der Waals surface area contributed by atoms with Gasteiger partial charge in [0.15, 0.2) is 0 Å². The molecule has 0 spiro atoms. The van der Waals surface area contributed by atoms with Crippen molar-refractivity contribution < 1.29 is 18.7 Å². The molecule has 0 radical (unpaired) electrons. The first kappa shape index (κ1) is 19.4. The molecule has 8 heteroatoms. The molecular formula is C20H26FN3O3S. The van der Waals surface area contributed by atoms with Gasteiger partial charge in [0.1, 0.15) is 11.9 Å². The molecule has 3 heterocycles. The van der Waals surface area contributed by atoms with Gasteiger partial charge in [0.25, 0.3) is 0 Å². The fourth-order valence-electron chi connectivity index (χ4n) is 4.28. The zero-order valence-corrected chi connectivity index (χ0v) is 16.8. The highest BCUT2D eigenvalue weighted by Crippen LogP contribution is 2.40. The molecule has 0 saturated carbocycles. The van der Waals surface area contributed by atoms with Crippen molar-refractivity contribution in [3.8, 4) is 0 Å². The largest absolute Gasteiger partial charge is 0.442 e. The van der Waals surface area contributed by atoms with Gasteiger partial charge in [-0.25, -0.2) is 9.18 Å². The van der Waals surface area contributed by atoms with Crippen molar-refractivity contribution in [1.29, 1.82) is 0 Å². The number of cyclic esters (lactones) is 1. The number of amides is 2. The number of halogens is 1. The molecule has 1 aromatic carbocycles. The lowest BCUT2D eigenvalue weighted by Gasteiger charge is -2.36. The fourth-order valence-corrected chi connectivity index (χ4v) is 5.61. The highest BCUT2D eigenvalue weighted by Gasteiger charge is 2.39. The number of carbonyl (C=O) groups is 2. The Morgan fingerprint density at radius 3 is 2.75 bits per heavy atom. The summed E-state index contributed by atoms with van der Waals surface area (Å²) in [6.45, 7) is 2.51. The second-order valence-corrected chi connectivity index (χ2v) is 8.71. The summed E-state index contributed by atoms with van der Waals surface area (Å²) in [5.41, 5.74) is 1.12. The molecule has 1 aromatic rings. The van der Waals surface area contributed by atoms with E-state index in [2.05, 4.69) is 10.2 Å². The Balaban J connectivity index is 1.43. The molecule has 2 amide bonds. The van der Waals surface area contributed by atoms with E-state index in [1.807, 2.05) is 18.7 Å². The van der Waals surface area contributed by atoms with Crippen LogP contribution in [0.15, 0.2) is 18.2 Å². The summed E-state index contributed by atoms with van der Waals surface area (Å²) in [5.74, 6) is 1.74. The number of nitrogens with zero attached hydrogens (tertiary/aromatic N) is 2. The SMILES string of the molecule is CCCC(=O)NCC1CN(c2ccc(N3C4CCC3CSC4)c(F)c2)C(=O)O1. The third-order valence-corrected chi connectivity index (χ3v) is 6.88. The number of anilines is 2. The summed E-state index contributed by atoms with van der Waals surface area (Å²) >= 11 is 1.95. The van der Waals surface area contributed by atoms with Gasteiger partial charge in [-0.05, 0) is 37.5 Å². The van der Waals surface area contributed by atoms with E-state index in [4.69, 9.17) is 4.74 Å². The third kappa shape index (κ3) is 3.79. The Kier molecular flexibility index (Phi) is 5.66. The number of fused-ring (bicyclic) bond motifs is 2. The van der Waals surface area contributed by atoms with Crippen molar-refractivity contribution in [1.82, 2.24) is 5.32 Å². The van der Waals surface area contributed by atoms with Crippen LogP contribution in [0.25, 0.3) is 0 Å². The van der Waals surface area contributed by atoms with E-state index in [-0.39, 0.29) is 18.3 Å². The van der Waals surface area contributed by atoms with Gasteiger partial charge in [0, 0.05) is 30.0 Å². The first-order chi connectivity index (χ1) is 13.6. The minimum absolute atomic E-state index is 0.0540. The Hall–Kier alpha value is -1.96. The van der Waals surface area contributed by atoms with Crippen LogP contribution in [0.4, 0.5) is 20.6 Å². The molecule has 3 unspecified atom stereocenters. The Bertz CT molecular complexity index is 746. The van der Waals surface area contributed by atoms with Crippen LogP contribution in [0.5, 0.6) is 0 Å². The summed E-state index contributed by atoms with van der Waals surface area (Å²) in [4.78, 5) is 27.5. The molecule has 4 rings (SSSR count).